The highest BCUT2D eigenvalue weighted by Crippen LogP contribution is 2.21. The van der Waals surface area contributed by atoms with E-state index in [1.165, 1.54) is 18.5 Å². The molecule has 2 rings (SSSR count). The molecule has 0 aliphatic heterocycles. The van der Waals surface area contributed by atoms with Gasteiger partial charge in [-0.3, -0.25) is 14.8 Å². The molecule has 0 unspecified atom stereocenters. The highest BCUT2D eigenvalue weighted by molar-refractivity contribution is 5.97. The molecule has 0 spiro atoms. The van der Waals surface area contributed by atoms with Crippen molar-refractivity contribution in [3.05, 3.63) is 57.4 Å². The lowest BCUT2D eigenvalue weighted by molar-refractivity contribution is -0.386. The van der Waals surface area contributed by atoms with E-state index in [-0.39, 0.29) is 29.5 Å². The molecule has 0 saturated carbocycles. The summed E-state index contributed by atoms with van der Waals surface area (Å²) in [4.78, 5) is 26.9. The van der Waals surface area contributed by atoms with E-state index in [4.69, 9.17) is 10.6 Å². The molecule has 1 heterocycles. The number of hydrogen-bond donors (Lipinski definition) is 1. The Balaban J connectivity index is 2.06. The van der Waals surface area contributed by atoms with Crippen LogP contribution in [0.4, 0.5) is 5.69 Å². The van der Waals surface area contributed by atoms with E-state index < -0.39 is 10.9 Å². The van der Waals surface area contributed by atoms with Crippen molar-refractivity contribution >= 4 is 17.5 Å². The zero-order valence-electron chi connectivity index (χ0n) is 12.6. The summed E-state index contributed by atoms with van der Waals surface area (Å²) in [6, 6.07) is 8.80. The number of oxime groups is 1. The van der Waals surface area contributed by atoms with Gasteiger partial charge in [0.1, 0.15) is 17.9 Å². The SMILES string of the molecule is Cc1nn(CC(=O)O/N=C(\N)c2ccccc2)c(C)c1[N+](=O)[O-]. The zero-order chi connectivity index (χ0) is 17.0. The summed E-state index contributed by atoms with van der Waals surface area (Å²) in [5, 5.41) is 18.4. The molecule has 0 aliphatic rings. The number of benzene rings is 1. The number of carbonyl (C=O) groups excluding carboxylic acids is 1. The van der Waals surface area contributed by atoms with Crippen molar-refractivity contribution in [1.82, 2.24) is 9.78 Å². The number of amidine groups is 1. The van der Waals surface area contributed by atoms with Gasteiger partial charge in [-0.15, -0.1) is 0 Å². The fourth-order valence-electron chi connectivity index (χ4n) is 2.02. The fraction of sp³-hybridized carbons (Fsp3) is 0.214. The molecule has 1 aromatic heterocycles. The molecule has 0 saturated heterocycles. The molecule has 2 N–H and O–H groups in total. The monoisotopic (exact) mass is 317 g/mol. The van der Waals surface area contributed by atoms with Gasteiger partial charge in [0.05, 0.1) is 4.92 Å². The lowest BCUT2D eigenvalue weighted by Crippen LogP contribution is -2.18. The molecular formula is C14H15N5O4. The number of aromatic nitrogens is 2. The van der Waals surface area contributed by atoms with Crippen LogP contribution < -0.4 is 5.73 Å². The van der Waals surface area contributed by atoms with Crippen molar-refractivity contribution in [2.24, 2.45) is 10.9 Å². The molecule has 0 aliphatic carbocycles. The van der Waals surface area contributed by atoms with E-state index >= 15 is 0 Å². The van der Waals surface area contributed by atoms with Gasteiger partial charge in [-0.25, -0.2) is 4.79 Å². The van der Waals surface area contributed by atoms with Crippen LogP contribution in [0, 0.1) is 24.0 Å². The Morgan fingerprint density at radius 2 is 2.04 bits per heavy atom. The normalized spacial score (nSPS) is 11.3. The third kappa shape index (κ3) is 3.70. The van der Waals surface area contributed by atoms with Crippen LogP contribution in [0.25, 0.3) is 0 Å². The number of aryl methyl sites for hydroxylation is 1. The maximum atomic E-state index is 11.8. The number of nitrogens with zero attached hydrogens (tertiary/aromatic N) is 4. The van der Waals surface area contributed by atoms with Crippen LogP contribution in [-0.4, -0.2) is 26.5 Å². The highest BCUT2D eigenvalue weighted by Gasteiger charge is 2.23. The van der Waals surface area contributed by atoms with Crippen LogP contribution in [0.5, 0.6) is 0 Å². The van der Waals surface area contributed by atoms with Gasteiger partial charge in [-0.05, 0) is 13.8 Å². The van der Waals surface area contributed by atoms with Crippen LogP contribution in [0.1, 0.15) is 17.0 Å². The Morgan fingerprint density at radius 3 is 2.61 bits per heavy atom. The summed E-state index contributed by atoms with van der Waals surface area (Å²) in [7, 11) is 0. The summed E-state index contributed by atoms with van der Waals surface area (Å²) < 4.78 is 1.20. The van der Waals surface area contributed by atoms with Crippen LogP contribution >= 0.6 is 0 Å². The quantitative estimate of drug-likeness (QED) is 0.291. The second-order valence-corrected chi connectivity index (χ2v) is 4.74. The molecule has 9 nitrogen and oxygen atoms in total. The van der Waals surface area contributed by atoms with Gasteiger partial charge in [0, 0.05) is 5.56 Å². The standard InChI is InChI=1S/C14H15N5O4/c1-9-13(19(21)22)10(2)18(16-9)8-12(20)23-17-14(15)11-6-4-3-5-7-11/h3-7H,8H2,1-2H3,(H2,15,17). The third-order valence-electron chi connectivity index (χ3n) is 3.12. The van der Waals surface area contributed by atoms with Gasteiger partial charge in [-0.2, -0.15) is 5.10 Å². The van der Waals surface area contributed by atoms with E-state index in [2.05, 4.69) is 10.3 Å². The summed E-state index contributed by atoms with van der Waals surface area (Å²) in [5.41, 5.74) is 6.69. The van der Waals surface area contributed by atoms with Crippen molar-refractivity contribution in [2.45, 2.75) is 20.4 Å². The molecule has 2 aromatic rings. The number of nitro groups is 1. The van der Waals surface area contributed by atoms with Gasteiger partial charge >= 0.3 is 11.7 Å². The zero-order valence-corrected chi connectivity index (χ0v) is 12.6. The van der Waals surface area contributed by atoms with Crippen molar-refractivity contribution in [1.29, 1.82) is 0 Å². The average Bonchev–Trinajstić information content (AvgIpc) is 2.79. The number of nitrogens with two attached hydrogens (primary N) is 1. The molecule has 0 amide bonds. The van der Waals surface area contributed by atoms with E-state index in [1.54, 1.807) is 24.3 Å². The third-order valence-corrected chi connectivity index (χ3v) is 3.12. The molecule has 120 valence electrons. The summed E-state index contributed by atoms with van der Waals surface area (Å²) in [6.45, 7) is 2.71. The van der Waals surface area contributed by atoms with Gasteiger partial charge < -0.3 is 10.6 Å². The van der Waals surface area contributed by atoms with Crippen LogP contribution in [-0.2, 0) is 16.2 Å². The average molecular weight is 317 g/mol. The molecule has 0 bridgehead atoms. The van der Waals surface area contributed by atoms with E-state index in [1.807, 2.05) is 6.07 Å². The van der Waals surface area contributed by atoms with E-state index in [0.717, 1.165) is 0 Å². The van der Waals surface area contributed by atoms with Gasteiger partial charge in [0.2, 0.25) is 0 Å². The minimum atomic E-state index is -0.732. The maximum absolute atomic E-state index is 11.8. The van der Waals surface area contributed by atoms with Gasteiger partial charge in [0.15, 0.2) is 5.84 Å². The first-order valence-electron chi connectivity index (χ1n) is 6.67. The first kappa shape index (κ1) is 16.1. The molecule has 9 heteroatoms. The molecule has 0 fully saturated rings. The molecular weight excluding hydrogens is 302 g/mol. The molecule has 1 aromatic carbocycles. The first-order chi connectivity index (χ1) is 10.9. The second kappa shape index (κ2) is 6.69. The Morgan fingerprint density at radius 1 is 1.39 bits per heavy atom. The van der Waals surface area contributed by atoms with Crippen LogP contribution in [0.15, 0.2) is 35.5 Å². The Hall–Kier alpha value is -3.23. The molecule has 0 atom stereocenters. The number of rotatable bonds is 5. The number of carbonyl (C=O) groups is 1. The molecule has 0 radical (unpaired) electrons. The predicted octanol–water partition coefficient (Wildman–Crippen LogP) is 1.27. The van der Waals surface area contributed by atoms with Crippen molar-refractivity contribution in [2.75, 3.05) is 0 Å². The van der Waals surface area contributed by atoms with Crippen LogP contribution in [0.3, 0.4) is 0 Å². The lowest BCUT2D eigenvalue weighted by Gasteiger charge is -2.02. The van der Waals surface area contributed by atoms with Gasteiger partial charge in [-0.1, -0.05) is 35.5 Å². The lowest BCUT2D eigenvalue weighted by atomic mass is 10.2. The second-order valence-electron chi connectivity index (χ2n) is 4.74. The van der Waals surface area contributed by atoms with Crippen LogP contribution in [0.2, 0.25) is 0 Å². The Bertz CT molecular complexity index is 767. The molecule has 23 heavy (non-hydrogen) atoms. The first-order valence-corrected chi connectivity index (χ1v) is 6.67. The minimum absolute atomic E-state index is 0.0540. The minimum Gasteiger partial charge on any atom is -0.380 e. The Kier molecular flexibility index (Phi) is 4.69. The predicted molar refractivity (Wildman–Crippen MR) is 81.6 cm³/mol. The summed E-state index contributed by atoms with van der Waals surface area (Å²) in [6.07, 6.45) is 0. The summed E-state index contributed by atoms with van der Waals surface area (Å²) >= 11 is 0. The fourth-order valence-corrected chi connectivity index (χ4v) is 2.02. The van der Waals surface area contributed by atoms with Crippen molar-refractivity contribution in [3.8, 4) is 0 Å². The topological polar surface area (TPSA) is 126 Å². The highest BCUT2D eigenvalue weighted by atomic mass is 16.7. The van der Waals surface area contributed by atoms with Gasteiger partial charge in [0.25, 0.3) is 0 Å². The van der Waals surface area contributed by atoms with E-state index in [0.29, 0.717) is 5.56 Å². The smallest absolute Gasteiger partial charge is 0.356 e. The largest absolute Gasteiger partial charge is 0.380 e. The van der Waals surface area contributed by atoms with Crippen molar-refractivity contribution in [3.63, 3.8) is 0 Å². The maximum Gasteiger partial charge on any atom is 0.356 e. The van der Waals surface area contributed by atoms with E-state index in [9.17, 15) is 14.9 Å². The van der Waals surface area contributed by atoms with Crippen molar-refractivity contribution < 1.29 is 14.6 Å². The number of hydrogen-bond acceptors (Lipinski definition) is 6. The Labute approximate surface area is 131 Å². The summed E-state index contributed by atoms with van der Waals surface area (Å²) in [5.74, 6) is -0.678.